The van der Waals surface area contributed by atoms with Crippen LogP contribution in [0.2, 0.25) is 0 Å². The van der Waals surface area contributed by atoms with Gasteiger partial charge in [0.1, 0.15) is 11.5 Å². The highest BCUT2D eigenvalue weighted by Gasteiger charge is 2.31. The molecule has 148 valence electrons. The maximum atomic E-state index is 12.4. The zero-order valence-corrected chi connectivity index (χ0v) is 16.2. The molecule has 0 spiro atoms. The molecule has 1 aliphatic rings. The van der Waals surface area contributed by atoms with Crippen molar-refractivity contribution in [3.8, 4) is 11.5 Å². The van der Waals surface area contributed by atoms with Gasteiger partial charge in [0.25, 0.3) is 0 Å². The Bertz CT molecular complexity index is 795. The molecule has 0 aliphatic carbocycles. The zero-order chi connectivity index (χ0) is 19.8. The molecule has 0 bridgehead atoms. The Morgan fingerprint density at radius 3 is 2.75 bits per heavy atom. The van der Waals surface area contributed by atoms with Gasteiger partial charge in [-0.05, 0) is 36.2 Å². The summed E-state index contributed by atoms with van der Waals surface area (Å²) in [5.41, 5.74) is 1.04. The molecule has 1 aliphatic heterocycles. The first-order valence-corrected chi connectivity index (χ1v) is 9.76. The van der Waals surface area contributed by atoms with Gasteiger partial charge in [-0.25, -0.2) is 0 Å². The van der Waals surface area contributed by atoms with Gasteiger partial charge >= 0.3 is 0 Å². The van der Waals surface area contributed by atoms with E-state index in [1.54, 1.807) is 0 Å². The Hall–Kier alpha value is -2.86. The van der Waals surface area contributed by atoms with Crippen LogP contribution in [0.5, 0.6) is 11.5 Å². The maximum absolute atomic E-state index is 12.4. The fourth-order valence-electron chi connectivity index (χ4n) is 3.25. The summed E-state index contributed by atoms with van der Waals surface area (Å²) in [7, 11) is 0. The van der Waals surface area contributed by atoms with Crippen molar-refractivity contribution in [1.82, 2.24) is 15.5 Å². The lowest BCUT2D eigenvalue weighted by atomic mass is 10.1. The minimum absolute atomic E-state index is 0.0879. The number of para-hydroxylation sites is 1. The van der Waals surface area contributed by atoms with Crippen molar-refractivity contribution in [2.45, 2.75) is 32.4 Å². The van der Waals surface area contributed by atoms with E-state index in [4.69, 9.17) is 4.74 Å². The van der Waals surface area contributed by atoms with Gasteiger partial charge in [0, 0.05) is 26.2 Å². The number of hydrogen-bond acceptors (Lipinski definition) is 4. The fourth-order valence-corrected chi connectivity index (χ4v) is 3.25. The third kappa shape index (κ3) is 5.57. The van der Waals surface area contributed by atoms with Crippen LogP contribution in [0.25, 0.3) is 0 Å². The molecule has 2 aromatic rings. The molecule has 6 heteroatoms. The summed E-state index contributed by atoms with van der Waals surface area (Å²) in [6.07, 6.45) is 1.05. The van der Waals surface area contributed by atoms with Crippen molar-refractivity contribution in [3.05, 3.63) is 60.2 Å². The highest BCUT2D eigenvalue weighted by molar-refractivity contribution is 5.88. The summed E-state index contributed by atoms with van der Waals surface area (Å²) in [6.45, 7) is 4.52. The Morgan fingerprint density at radius 2 is 1.96 bits per heavy atom. The molecule has 28 heavy (non-hydrogen) atoms. The monoisotopic (exact) mass is 381 g/mol. The molecule has 2 N–H and O–H groups in total. The number of nitrogens with one attached hydrogen (secondary N) is 2. The third-order valence-corrected chi connectivity index (χ3v) is 4.66. The first kappa shape index (κ1) is 19.9. The normalized spacial score (nSPS) is 17.0. The smallest absolute Gasteiger partial charge is 0.237 e. The summed E-state index contributed by atoms with van der Waals surface area (Å²) in [5.74, 6) is 1.36. The van der Waals surface area contributed by atoms with Crippen molar-refractivity contribution in [2.75, 3.05) is 19.6 Å². The van der Waals surface area contributed by atoms with Gasteiger partial charge in [-0.3, -0.25) is 14.5 Å². The Balaban J connectivity index is 1.67. The van der Waals surface area contributed by atoms with Crippen LogP contribution in [-0.4, -0.2) is 42.4 Å². The van der Waals surface area contributed by atoms with Gasteiger partial charge in [0.15, 0.2) is 0 Å². The number of ether oxygens (including phenoxy) is 1. The van der Waals surface area contributed by atoms with Gasteiger partial charge in [0.05, 0.1) is 12.5 Å². The molecule has 0 radical (unpaired) electrons. The average molecular weight is 381 g/mol. The molecule has 1 saturated heterocycles. The molecular weight excluding hydrogens is 354 g/mol. The van der Waals surface area contributed by atoms with Crippen LogP contribution >= 0.6 is 0 Å². The molecule has 2 aromatic carbocycles. The Kier molecular flexibility index (Phi) is 7.03. The number of carbonyl (C=O) groups excluding carboxylic acids is 2. The SMILES string of the molecule is CCCNC(=O)C[C@H]1C(=O)NCCN1Cc1cccc(Oc2ccccc2)c1. The first-order chi connectivity index (χ1) is 13.7. The average Bonchev–Trinajstić information content (AvgIpc) is 2.70. The highest BCUT2D eigenvalue weighted by Crippen LogP contribution is 2.23. The van der Waals surface area contributed by atoms with E-state index in [-0.39, 0.29) is 18.2 Å². The Morgan fingerprint density at radius 1 is 1.18 bits per heavy atom. The van der Waals surface area contributed by atoms with E-state index in [0.29, 0.717) is 26.2 Å². The van der Waals surface area contributed by atoms with Gasteiger partial charge < -0.3 is 15.4 Å². The first-order valence-electron chi connectivity index (χ1n) is 9.76. The van der Waals surface area contributed by atoms with Crippen molar-refractivity contribution in [2.24, 2.45) is 0 Å². The predicted molar refractivity (Wildman–Crippen MR) is 108 cm³/mol. The molecule has 2 amide bonds. The number of hydrogen-bond donors (Lipinski definition) is 2. The van der Waals surface area contributed by atoms with E-state index >= 15 is 0 Å². The third-order valence-electron chi connectivity index (χ3n) is 4.66. The minimum Gasteiger partial charge on any atom is -0.457 e. The van der Waals surface area contributed by atoms with Crippen molar-refractivity contribution in [1.29, 1.82) is 0 Å². The van der Waals surface area contributed by atoms with Crippen LogP contribution in [0.1, 0.15) is 25.3 Å². The minimum atomic E-state index is -0.454. The maximum Gasteiger partial charge on any atom is 0.237 e. The van der Waals surface area contributed by atoms with Gasteiger partial charge in [-0.1, -0.05) is 37.3 Å². The van der Waals surface area contributed by atoms with E-state index in [1.165, 1.54) is 0 Å². The summed E-state index contributed by atoms with van der Waals surface area (Å²) >= 11 is 0. The number of carbonyl (C=O) groups is 2. The molecule has 3 rings (SSSR count). The van der Waals surface area contributed by atoms with Crippen LogP contribution in [0.15, 0.2) is 54.6 Å². The molecule has 6 nitrogen and oxygen atoms in total. The summed E-state index contributed by atoms with van der Waals surface area (Å²) in [5, 5.41) is 5.72. The zero-order valence-electron chi connectivity index (χ0n) is 16.2. The number of rotatable bonds is 8. The molecule has 1 heterocycles. The van der Waals surface area contributed by atoms with Crippen LogP contribution in [0.4, 0.5) is 0 Å². The van der Waals surface area contributed by atoms with E-state index in [1.807, 2.05) is 61.5 Å². The molecule has 0 unspecified atom stereocenters. The van der Waals surface area contributed by atoms with E-state index < -0.39 is 6.04 Å². The van der Waals surface area contributed by atoms with Crippen LogP contribution < -0.4 is 15.4 Å². The summed E-state index contributed by atoms with van der Waals surface area (Å²) < 4.78 is 5.90. The standard InChI is InChI=1S/C22H27N3O3/c1-2-11-23-21(26)15-20-22(27)24-12-13-25(20)16-17-7-6-10-19(14-17)28-18-8-4-3-5-9-18/h3-10,14,20H,2,11-13,15-16H2,1H3,(H,23,26)(H,24,27)/t20-/m0/s1. The molecular formula is C22H27N3O3. The number of amides is 2. The van der Waals surface area contributed by atoms with Gasteiger partial charge in [-0.2, -0.15) is 0 Å². The van der Waals surface area contributed by atoms with Gasteiger partial charge in [-0.15, -0.1) is 0 Å². The Labute approximate surface area is 165 Å². The summed E-state index contributed by atoms with van der Waals surface area (Å²) in [6, 6.07) is 17.0. The highest BCUT2D eigenvalue weighted by atomic mass is 16.5. The van der Waals surface area contributed by atoms with E-state index in [2.05, 4.69) is 15.5 Å². The van der Waals surface area contributed by atoms with E-state index in [9.17, 15) is 9.59 Å². The molecule has 1 atom stereocenters. The second-order valence-corrected chi connectivity index (χ2v) is 6.89. The largest absolute Gasteiger partial charge is 0.457 e. The van der Waals surface area contributed by atoms with Crippen LogP contribution in [0.3, 0.4) is 0 Å². The quantitative estimate of drug-likeness (QED) is 0.738. The number of nitrogens with zero attached hydrogens (tertiary/aromatic N) is 1. The van der Waals surface area contributed by atoms with Gasteiger partial charge in [0.2, 0.25) is 11.8 Å². The molecule has 1 fully saturated rings. The number of piperazine rings is 1. The second-order valence-electron chi connectivity index (χ2n) is 6.89. The lowest BCUT2D eigenvalue weighted by Gasteiger charge is -2.34. The van der Waals surface area contributed by atoms with E-state index in [0.717, 1.165) is 23.5 Å². The molecule has 0 saturated carbocycles. The van der Waals surface area contributed by atoms with Crippen molar-refractivity contribution >= 4 is 11.8 Å². The van der Waals surface area contributed by atoms with Crippen molar-refractivity contribution < 1.29 is 14.3 Å². The topological polar surface area (TPSA) is 70.7 Å². The molecule has 0 aromatic heterocycles. The van der Waals surface area contributed by atoms with Crippen LogP contribution in [-0.2, 0) is 16.1 Å². The number of benzene rings is 2. The lowest BCUT2D eigenvalue weighted by molar-refractivity contribution is -0.134. The fraction of sp³-hybridized carbons (Fsp3) is 0.364. The predicted octanol–water partition coefficient (Wildman–Crippen LogP) is 2.70. The lowest BCUT2D eigenvalue weighted by Crippen LogP contribution is -2.56. The van der Waals surface area contributed by atoms with Crippen molar-refractivity contribution in [3.63, 3.8) is 0 Å². The van der Waals surface area contributed by atoms with Crippen LogP contribution in [0, 0.1) is 0 Å². The second kappa shape index (κ2) is 9.90. The summed E-state index contributed by atoms with van der Waals surface area (Å²) in [4.78, 5) is 26.5.